The molecule has 19 heavy (non-hydrogen) atoms. The molecular weight excluding hydrogens is 271 g/mol. The highest BCUT2D eigenvalue weighted by Gasteiger charge is 2.21. The first kappa shape index (κ1) is 15.4. The van der Waals surface area contributed by atoms with Crippen LogP contribution in [0.3, 0.4) is 0 Å². The first-order chi connectivity index (χ1) is 8.86. The Hall–Kier alpha value is -1.62. The van der Waals surface area contributed by atoms with Crippen molar-refractivity contribution in [2.75, 3.05) is 13.2 Å². The molecule has 0 heterocycles. The van der Waals surface area contributed by atoms with Crippen molar-refractivity contribution in [3.05, 3.63) is 36.4 Å². The summed E-state index contributed by atoms with van der Waals surface area (Å²) in [6.07, 6.45) is 0. The van der Waals surface area contributed by atoms with E-state index < -0.39 is 13.6 Å². The lowest BCUT2D eigenvalue weighted by Crippen LogP contribution is -2.10. The highest BCUT2D eigenvalue weighted by molar-refractivity contribution is 7.61. The number of benzene rings is 1. The second-order valence-corrected chi connectivity index (χ2v) is 5.44. The van der Waals surface area contributed by atoms with Gasteiger partial charge >= 0.3 is 13.6 Å². The fraction of sp³-hybridized carbons (Fsp3) is 0.250. The van der Waals surface area contributed by atoms with Gasteiger partial charge in [-0.05, 0) is 31.2 Å². The molecule has 1 aromatic carbocycles. The highest BCUT2D eigenvalue weighted by Crippen LogP contribution is 2.40. The second-order valence-electron chi connectivity index (χ2n) is 3.63. The number of hydrogen-bond donors (Lipinski definition) is 2. The molecule has 2 N–H and O–H groups in total. The average Bonchev–Trinajstić information content (AvgIpc) is 2.36. The first-order valence-electron chi connectivity index (χ1n) is 5.48. The molecule has 0 bridgehead atoms. The molecule has 6 nitrogen and oxygen atoms in total. The molecular formula is C12H15O6P. The van der Waals surface area contributed by atoms with Gasteiger partial charge in [0.2, 0.25) is 0 Å². The Morgan fingerprint density at radius 2 is 1.95 bits per heavy atom. The molecule has 0 spiro atoms. The van der Waals surface area contributed by atoms with E-state index in [-0.39, 0.29) is 24.1 Å². The third-order valence-corrected chi connectivity index (χ3v) is 3.74. The van der Waals surface area contributed by atoms with E-state index in [1.165, 1.54) is 24.3 Å². The van der Waals surface area contributed by atoms with Crippen molar-refractivity contribution in [1.29, 1.82) is 0 Å². The molecule has 0 amide bonds. The van der Waals surface area contributed by atoms with Gasteiger partial charge in [0.1, 0.15) is 12.4 Å². The summed E-state index contributed by atoms with van der Waals surface area (Å²) >= 11 is 0. The van der Waals surface area contributed by atoms with Crippen LogP contribution in [0.25, 0.3) is 0 Å². The molecule has 1 atom stereocenters. The number of hydrogen-bond acceptors (Lipinski definition) is 4. The molecule has 0 aromatic heterocycles. The molecule has 0 saturated carbocycles. The number of carbonyl (C=O) groups is 1. The Labute approximate surface area is 110 Å². The van der Waals surface area contributed by atoms with E-state index in [0.29, 0.717) is 5.75 Å². The van der Waals surface area contributed by atoms with Crippen LogP contribution in [0.5, 0.6) is 5.75 Å². The minimum Gasteiger partial charge on any atom is -0.489 e. The Morgan fingerprint density at radius 1 is 1.37 bits per heavy atom. The van der Waals surface area contributed by atoms with E-state index in [2.05, 4.69) is 6.58 Å². The Balaban J connectivity index is 2.69. The standard InChI is InChI=1S/C12H15O6P/c1-3-18-19(15,16)11-6-4-10(5-7-11)17-8-9(2)12(13)14/h4-7H,2-3,8H2,1H3,(H,13,14)(H,15,16). The fourth-order valence-corrected chi connectivity index (χ4v) is 2.24. The van der Waals surface area contributed by atoms with Crippen LogP contribution in [0.15, 0.2) is 36.4 Å². The smallest absolute Gasteiger partial charge is 0.358 e. The molecule has 7 heteroatoms. The maximum absolute atomic E-state index is 11.7. The summed E-state index contributed by atoms with van der Waals surface area (Å²) in [5.74, 6) is -0.754. The summed E-state index contributed by atoms with van der Waals surface area (Å²) in [6, 6.07) is 5.73. The van der Waals surface area contributed by atoms with Crippen molar-refractivity contribution in [2.45, 2.75) is 6.92 Å². The largest absolute Gasteiger partial charge is 0.489 e. The molecule has 0 saturated heterocycles. The molecule has 0 radical (unpaired) electrons. The van der Waals surface area contributed by atoms with Crippen LogP contribution < -0.4 is 10.0 Å². The van der Waals surface area contributed by atoms with Crippen molar-refractivity contribution in [2.24, 2.45) is 0 Å². The zero-order chi connectivity index (χ0) is 14.5. The molecule has 0 aliphatic rings. The van der Waals surface area contributed by atoms with E-state index in [0.717, 1.165) is 0 Å². The highest BCUT2D eigenvalue weighted by atomic mass is 31.2. The second kappa shape index (κ2) is 6.52. The van der Waals surface area contributed by atoms with Crippen LogP contribution in [-0.2, 0) is 13.9 Å². The number of rotatable bonds is 7. The maximum Gasteiger partial charge on any atom is 0.358 e. The van der Waals surface area contributed by atoms with Gasteiger partial charge in [0.15, 0.2) is 0 Å². The molecule has 1 unspecified atom stereocenters. The van der Waals surface area contributed by atoms with Crippen LogP contribution in [0.1, 0.15) is 6.92 Å². The van der Waals surface area contributed by atoms with Crippen molar-refractivity contribution >= 4 is 18.9 Å². The summed E-state index contributed by atoms with van der Waals surface area (Å²) < 4.78 is 21.6. The van der Waals surface area contributed by atoms with Crippen molar-refractivity contribution < 1.29 is 28.6 Å². The monoisotopic (exact) mass is 286 g/mol. The fourth-order valence-electron chi connectivity index (χ4n) is 1.21. The molecule has 1 rings (SSSR count). The predicted octanol–water partition coefficient (Wildman–Crippen LogP) is 1.55. The lowest BCUT2D eigenvalue weighted by Gasteiger charge is -2.11. The SMILES string of the molecule is C=C(COc1ccc(P(=O)(O)OCC)cc1)C(=O)O. The maximum atomic E-state index is 11.7. The quantitative estimate of drug-likeness (QED) is 0.583. The summed E-state index contributed by atoms with van der Waals surface area (Å²) in [7, 11) is -3.79. The number of ether oxygens (including phenoxy) is 1. The average molecular weight is 286 g/mol. The van der Waals surface area contributed by atoms with Crippen LogP contribution >= 0.6 is 7.60 Å². The topological polar surface area (TPSA) is 93.1 Å². The minimum atomic E-state index is -3.79. The third-order valence-electron chi connectivity index (χ3n) is 2.18. The first-order valence-corrected chi connectivity index (χ1v) is 7.06. The van der Waals surface area contributed by atoms with Gasteiger partial charge < -0.3 is 19.3 Å². The molecule has 0 aliphatic heterocycles. The summed E-state index contributed by atoms with van der Waals surface area (Å²) in [5.41, 5.74) is -0.0776. The molecule has 104 valence electrons. The van der Waals surface area contributed by atoms with Crippen LogP contribution in [0, 0.1) is 0 Å². The lowest BCUT2D eigenvalue weighted by molar-refractivity contribution is -0.133. The number of aliphatic carboxylic acids is 1. The van der Waals surface area contributed by atoms with Gasteiger partial charge in [-0.1, -0.05) is 6.58 Å². The van der Waals surface area contributed by atoms with E-state index in [1.54, 1.807) is 6.92 Å². The summed E-state index contributed by atoms with van der Waals surface area (Å²) in [6.45, 7) is 4.92. The number of carboxylic acid groups (broad SMARTS) is 1. The summed E-state index contributed by atoms with van der Waals surface area (Å²) in [5, 5.41) is 8.76. The van der Waals surface area contributed by atoms with Gasteiger partial charge in [-0.25, -0.2) is 4.79 Å². The zero-order valence-corrected chi connectivity index (χ0v) is 11.3. The van der Waals surface area contributed by atoms with E-state index in [1.807, 2.05) is 0 Å². The van der Waals surface area contributed by atoms with Crippen LogP contribution in [-0.4, -0.2) is 29.2 Å². The Morgan fingerprint density at radius 3 is 2.42 bits per heavy atom. The molecule has 0 aliphatic carbocycles. The van der Waals surface area contributed by atoms with Crippen LogP contribution in [0.4, 0.5) is 0 Å². The molecule has 0 fully saturated rings. The number of carboxylic acids is 1. The van der Waals surface area contributed by atoms with Gasteiger partial charge in [-0.2, -0.15) is 0 Å². The third kappa shape index (κ3) is 4.52. The summed E-state index contributed by atoms with van der Waals surface area (Å²) in [4.78, 5) is 20.1. The van der Waals surface area contributed by atoms with E-state index in [4.69, 9.17) is 14.4 Å². The molecule has 1 aromatic rings. The van der Waals surface area contributed by atoms with Gasteiger partial charge in [-0.3, -0.25) is 4.57 Å². The van der Waals surface area contributed by atoms with Crippen LogP contribution in [0.2, 0.25) is 0 Å². The Kier molecular flexibility index (Phi) is 5.30. The zero-order valence-electron chi connectivity index (χ0n) is 10.4. The van der Waals surface area contributed by atoms with Crippen molar-refractivity contribution in [3.63, 3.8) is 0 Å². The van der Waals surface area contributed by atoms with Crippen molar-refractivity contribution in [1.82, 2.24) is 0 Å². The normalized spacial score (nSPS) is 13.6. The Bertz CT molecular complexity index is 507. The lowest BCUT2D eigenvalue weighted by atomic mass is 10.3. The van der Waals surface area contributed by atoms with Gasteiger partial charge in [-0.15, -0.1) is 0 Å². The van der Waals surface area contributed by atoms with Gasteiger partial charge in [0.05, 0.1) is 17.5 Å². The van der Waals surface area contributed by atoms with E-state index in [9.17, 15) is 14.3 Å². The minimum absolute atomic E-state index is 0.0776. The van der Waals surface area contributed by atoms with Gasteiger partial charge in [0.25, 0.3) is 0 Å². The van der Waals surface area contributed by atoms with Gasteiger partial charge in [0, 0.05) is 0 Å². The van der Waals surface area contributed by atoms with E-state index >= 15 is 0 Å². The predicted molar refractivity (Wildman–Crippen MR) is 69.8 cm³/mol. The van der Waals surface area contributed by atoms with Crippen molar-refractivity contribution in [3.8, 4) is 5.75 Å².